The molecule has 0 saturated carbocycles. The summed E-state index contributed by atoms with van der Waals surface area (Å²) in [6, 6.07) is 3.95. The molecule has 2 aromatic rings. The van der Waals surface area contributed by atoms with E-state index >= 15 is 0 Å². The number of aromatic nitrogens is 2. The molecule has 0 amide bonds. The Bertz CT molecular complexity index is 570. The van der Waals surface area contributed by atoms with Crippen LogP contribution in [0.25, 0.3) is 11.4 Å². The first kappa shape index (κ1) is 12.7. The van der Waals surface area contributed by atoms with Gasteiger partial charge in [0.2, 0.25) is 0 Å². The zero-order valence-corrected chi connectivity index (χ0v) is 11.1. The first-order chi connectivity index (χ1) is 7.99. The quantitative estimate of drug-likeness (QED) is 0.715. The van der Waals surface area contributed by atoms with Gasteiger partial charge in [0.15, 0.2) is 21.9 Å². The van der Waals surface area contributed by atoms with Crippen LogP contribution in [-0.2, 0) is 0 Å². The van der Waals surface area contributed by atoms with Crippen LogP contribution in [0.15, 0.2) is 22.7 Å². The fourth-order valence-electron chi connectivity index (χ4n) is 1.18. The number of benzene rings is 1. The molecule has 2 nitrogen and oxygen atoms in total. The Balaban J connectivity index is 2.64. The monoisotopic (exact) mass is 338 g/mol. The maximum absolute atomic E-state index is 13.1. The third-order valence-corrected chi connectivity index (χ3v) is 3.13. The van der Waals surface area contributed by atoms with Crippen molar-refractivity contribution >= 4 is 39.1 Å². The third-order valence-electron chi connectivity index (χ3n) is 1.94. The van der Waals surface area contributed by atoms with Crippen LogP contribution in [0.2, 0.25) is 10.3 Å². The molecule has 88 valence electrons. The van der Waals surface area contributed by atoms with Gasteiger partial charge in [-0.25, -0.2) is 18.7 Å². The van der Waals surface area contributed by atoms with Crippen molar-refractivity contribution in [3.05, 3.63) is 44.6 Å². The van der Waals surface area contributed by atoms with E-state index in [2.05, 4.69) is 25.9 Å². The molecule has 0 unspecified atom stereocenters. The van der Waals surface area contributed by atoms with E-state index in [0.717, 1.165) is 0 Å². The molecular formula is C10H3BrCl2F2N2. The zero-order valence-electron chi connectivity index (χ0n) is 8.02. The fourth-order valence-corrected chi connectivity index (χ4v) is 1.99. The minimum Gasteiger partial charge on any atom is -0.213 e. The first-order valence-electron chi connectivity index (χ1n) is 4.33. The topological polar surface area (TPSA) is 25.8 Å². The van der Waals surface area contributed by atoms with Crippen LogP contribution in [0, 0.1) is 11.6 Å². The van der Waals surface area contributed by atoms with Crippen molar-refractivity contribution in [2.24, 2.45) is 0 Å². The molecule has 0 aliphatic carbocycles. The summed E-state index contributed by atoms with van der Waals surface area (Å²) in [4.78, 5) is 7.41. The molecule has 0 aliphatic heterocycles. The molecule has 0 fully saturated rings. The normalized spacial score (nSPS) is 10.6. The molecule has 0 spiro atoms. The average Bonchev–Trinajstić information content (AvgIpc) is 2.28. The number of halogens is 5. The maximum Gasteiger partial charge on any atom is 0.197 e. The van der Waals surface area contributed by atoms with Crippen molar-refractivity contribution in [3.63, 3.8) is 0 Å². The summed E-state index contributed by atoms with van der Waals surface area (Å²) in [5.41, 5.74) is 0.341. The van der Waals surface area contributed by atoms with E-state index in [1.807, 2.05) is 0 Å². The van der Waals surface area contributed by atoms with E-state index in [4.69, 9.17) is 23.2 Å². The lowest BCUT2D eigenvalue weighted by atomic mass is 10.2. The second-order valence-electron chi connectivity index (χ2n) is 3.07. The predicted octanol–water partition coefficient (Wildman–Crippen LogP) is 4.49. The van der Waals surface area contributed by atoms with E-state index < -0.39 is 21.9 Å². The lowest BCUT2D eigenvalue weighted by Crippen LogP contribution is -1.95. The lowest BCUT2D eigenvalue weighted by molar-refractivity contribution is 0.615. The number of rotatable bonds is 1. The third kappa shape index (κ3) is 2.56. The molecule has 7 heteroatoms. The highest BCUT2D eigenvalue weighted by molar-refractivity contribution is 9.10. The molecule has 17 heavy (non-hydrogen) atoms. The van der Waals surface area contributed by atoms with Gasteiger partial charge in [0.05, 0.1) is 0 Å². The largest absolute Gasteiger partial charge is 0.213 e. The van der Waals surface area contributed by atoms with Gasteiger partial charge in [-0.3, -0.25) is 0 Å². The molecular weight excluding hydrogens is 337 g/mol. The summed E-state index contributed by atoms with van der Waals surface area (Å²) in [5.74, 6) is -1.32. The van der Waals surface area contributed by atoms with Crippen LogP contribution in [0.5, 0.6) is 0 Å². The Kier molecular flexibility index (Phi) is 3.61. The smallest absolute Gasteiger partial charge is 0.197 e. The van der Waals surface area contributed by atoms with Crippen molar-refractivity contribution in [3.8, 4) is 11.4 Å². The lowest BCUT2D eigenvalue weighted by Gasteiger charge is -2.05. The van der Waals surface area contributed by atoms with Crippen LogP contribution in [0.4, 0.5) is 8.78 Å². The number of hydrogen-bond donors (Lipinski definition) is 0. The second-order valence-corrected chi connectivity index (χ2v) is 4.64. The molecule has 1 aromatic carbocycles. The molecule has 0 saturated heterocycles. The van der Waals surface area contributed by atoms with Gasteiger partial charge < -0.3 is 0 Å². The molecule has 0 N–H and O–H groups in total. The van der Waals surface area contributed by atoms with Gasteiger partial charge in [0.25, 0.3) is 0 Å². The standard InChI is InChI=1S/C10H3BrCl2F2N2/c11-6-2-1-4(14)3-5(6)10-16-8(12)7(15)9(13)17-10/h1-3H. The summed E-state index contributed by atoms with van der Waals surface area (Å²) in [6.45, 7) is 0. The minimum absolute atomic E-state index is 0.0489. The van der Waals surface area contributed by atoms with E-state index in [0.29, 0.717) is 10.0 Å². The van der Waals surface area contributed by atoms with Crippen LogP contribution in [0.3, 0.4) is 0 Å². The predicted molar refractivity (Wildman–Crippen MR) is 65.1 cm³/mol. The van der Waals surface area contributed by atoms with Gasteiger partial charge in [-0.05, 0) is 18.2 Å². The van der Waals surface area contributed by atoms with Crippen LogP contribution >= 0.6 is 39.1 Å². The number of nitrogens with zero attached hydrogens (tertiary/aromatic N) is 2. The Labute approximate surface area is 114 Å². The van der Waals surface area contributed by atoms with Gasteiger partial charge in [0.1, 0.15) is 5.82 Å². The second kappa shape index (κ2) is 4.84. The van der Waals surface area contributed by atoms with Gasteiger partial charge in [-0.1, -0.05) is 39.1 Å². The van der Waals surface area contributed by atoms with Crippen molar-refractivity contribution in [2.45, 2.75) is 0 Å². The molecule has 0 aliphatic rings. The molecule has 0 radical (unpaired) electrons. The molecule has 0 atom stereocenters. The minimum atomic E-state index is -0.899. The number of hydrogen-bond acceptors (Lipinski definition) is 2. The summed E-state index contributed by atoms with van der Waals surface area (Å²) in [6.07, 6.45) is 0. The Morgan fingerprint density at radius 1 is 1.06 bits per heavy atom. The highest BCUT2D eigenvalue weighted by Gasteiger charge is 2.14. The van der Waals surface area contributed by atoms with Crippen LogP contribution in [0.1, 0.15) is 0 Å². The molecule has 0 bridgehead atoms. The molecule has 2 rings (SSSR count). The Morgan fingerprint density at radius 3 is 2.24 bits per heavy atom. The highest BCUT2D eigenvalue weighted by Crippen LogP contribution is 2.29. The van der Waals surface area contributed by atoms with Gasteiger partial charge >= 0.3 is 0 Å². The maximum atomic E-state index is 13.1. The molecule has 1 aromatic heterocycles. The van der Waals surface area contributed by atoms with Crippen molar-refractivity contribution < 1.29 is 8.78 Å². The van der Waals surface area contributed by atoms with E-state index in [1.165, 1.54) is 18.2 Å². The summed E-state index contributed by atoms with van der Waals surface area (Å²) in [7, 11) is 0. The van der Waals surface area contributed by atoms with Crippen LogP contribution in [-0.4, -0.2) is 9.97 Å². The SMILES string of the molecule is Fc1ccc(Br)c(-c2nc(Cl)c(F)c(Cl)n2)c1. The van der Waals surface area contributed by atoms with E-state index in [1.54, 1.807) is 0 Å². The van der Waals surface area contributed by atoms with E-state index in [-0.39, 0.29) is 5.82 Å². The van der Waals surface area contributed by atoms with Gasteiger partial charge in [-0.2, -0.15) is 0 Å². The highest BCUT2D eigenvalue weighted by atomic mass is 79.9. The fraction of sp³-hybridized carbons (Fsp3) is 0. The van der Waals surface area contributed by atoms with E-state index in [9.17, 15) is 8.78 Å². The first-order valence-corrected chi connectivity index (χ1v) is 5.88. The molecule has 1 heterocycles. The summed E-state index contributed by atoms with van der Waals surface area (Å²) in [5, 5.41) is -0.813. The summed E-state index contributed by atoms with van der Waals surface area (Å²) >= 11 is 14.3. The average molecular weight is 340 g/mol. The van der Waals surface area contributed by atoms with Crippen molar-refractivity contribution in [1.29, 1.82) is 0 Å². The van der Waals surface area contributed by atoms with Crippen molar-refractivity contribution in [2.75, 3.05) is 0 Å². The summed E-state index contributed by atoms with van der Waals surface area (Å²) < 4.78 is 26.8. The Hall–Kier alpha value is -0.780. The van der Waals surface area contributed by atoms with Gasteiger partial charge in [0, 0.05) is 10.0 Å². The Morgan fingerprint density at radius 2 is 1.65 bits per heavy atom. The van der Waals surface area contributed by atoms with Gasteiger partial charge in [-0.15, -0.1) is 0 Å². The zero-order chi connectivity index (χ0) is 12.6. The van der Waals surface area contributed by atoms with Crippen LogP contribution < -0.4 is 0 Å². The van der Waals surface area contributed by atoms with Crippen molar-refractivity contribution in [1.82, 2.24) is 9.97 Å².